The summed E-state index contributed by atoms with van der Waals surface area (Å²) in [6, 6.07) is 15.5. The number of carbonyl (C=O) groups is 2. The molecule has 0 radical (unpaired) electrons. The molecule has 1 aliphatic heterocycles. The van der Waals surface area contributed by atoms with Gasteiger partial charge in [-0.3, -0.25) is 9.59 Å². The van der Waals surface area contributed by atoms with Crippen molar-refractivity contribution >= 4 is 17.5 Å². The number of hydrogen-bond acceptors (Lipinski definition) is 4. The van der Waals surface area contributed by atoms with Gasteiger partial charge in [0.2, 0.25) is 11.8 Å². The lowest BCUT2D eigenvalue weighted by Crippen LogP contribution is -2.45. The van der Waals surface area contributed by atoms with E-state index in [1.807, 2.05) is 65.3 Å². The van der Waals surface area contributed by atoms with Crippen LogP contribution in [-0.4, -0.2) is 50.0 Å². The topological polar surface area (TPSA) is 61.9 Å². The molecule has 30 heavy (non-hydrogen) atoms. The molecule has 1 heterocycles. The maximum absolute atomic E-state index is 12.8. The monoisotopic (exact) mass is 409 g/mol. The van der Waals surface area contributed by atoms with Crippen molar-refractivity contribution in [2.24, 2.45) is 0 Å². The fraction of sp³-hybridized carbons (Fsp3) is 0.417. The second kappa shape index (κ2) is 10.7. The molecular formula is C24H31N3O3. The Hall–Kier alpha value is -3.02. The minimum Gasteiger partial charge on any atom is -0.496 e. The molecule has 0 aliphatic carbocycles. The minimum absolute atomic E-state index is 0.0767. The molecule has 1 saturated heterocycles. The summed E-state index contributed by atoms with van der Waals surface area (Å²) in [7, 11) is 1.62. The zero-order chi connectivity index (χ0) is 21.3. The van der Waals surface area contributed by atoms with E-state index in [0.717, 1.165) is 48.5 Å². The number of likely N-dealkylation sites (tertiary alicyclic amines) is 1. The number of piperidine rings is 1. The highest BCUT2D eigenvalue weighted by molar-refractivity contribution is 5.86. The largest absolute Gasteiger partial charge is 0.496 e. The molecule has 6 heteroatoms. The number of carbonyl (C=O) groups excluding carboxylic acids is 2. The number of ether oxygens (including phenoxy) is 1. The van der Waals surface area contributed by atoms with Crippen LogP contribution in [0.4, 0.5) is 5.69 Å². The van der Waals surface area contributed by atoms with E-state index in [0.29, 0.717) is 6.54 Å². The molecule has 2 amide bonds. The Bertz CT molecular complexity index is 845. The predicted molar refractivity (Wildman–Crippen MR) is 119 cm³/mol. The third kappa shape index (κ3) is 5.99. The molecule has 1 fully saturated rings. The summed E-state index contributed by atoms with van der Waals surface area (Å²) in [6.45, 7) is 4.34. The Balaban J connectivity index is 1.65. The molecule has 0 bridgehead atoms. The highest BCUT2D eigenvalue weighted by atomic mass is 16.5. The zero-order valence-corrected chi connectivity index (χ0v) is 17.9. The van der Waals surface area contributed by atoms with Crippen molar-refractivity contribution in [2.75, 3.05) is 38.2 Å². The van der Waals surface area contributed by atoms with Gasteiger partial charge in [-0.1, -0.05) is 35.9 Å². The van der Waals surface area contributed by atoms with Crippen LogP contribution in [0.1, 0.15) is 30.4 Å². The minimum atomic E-state index is -0.132. The van der Waals surface area contributed by atoms with Crippen LogP contribution in [0.15, 0.2) is 48.5 Å². The number of nitrogens with zero attached hydrogens (tertiary/aromatic N) is 2. The highest BCUT2D eigenvalue weighted by Gasteiger charge is 2.21. The van der Waals surface area contributed by atoms with E-state index in [4.69, 9.17) is 4.74 Å². The zero-order valence-electron chi connectivity index (χ0n) is 17.9. The maximum Gasteiger partial charge on any atom is 0.242 e. The van der Waals surface area contributed by atoms with Crippen LogP contribution in [0, 0.1) is 6.92 Å². The number of nitrogens with one attached hydrogen (secondary N) is 1. The first-order valence-electron chi connectivity index (χ1n) is 10.5. The van der Waals surface area contributed by atoms with Crippen LogP contribution in [0.5, 0.6) is 5.75 Å². The summed E-state index contributed by atoms with van der Waals surface area (Å²) in [4.78, 5) is 29.3. The lowest BCUT2D eigenvalue weighted by atomic mass is 10.1. The maximum atomic E-state index is 12.8. The van der Waals surface area contributed by atoms with Crippen molar-refractivity contribution in [3.63, 3.8) is 0 Å². The van der Waals surface area contributed by atoms with E-state index in [2.05, 4.69) is 5.32 Å². The fourth-order valence-electron chi connectivity index (χ4n) is 3.67. The molecule has 2 aromatic carbocycles. The summed E-state index contributed by atoms with van der Waals surface area (Å²) >= 11 is 0. The van der Waals surface area contributed by atoms with Gasteiger partial charge in [0, 0.05) is 30.9 Å². The van der Waals surface area contributed by atoms with Gasteiger partial charge in [-0.05, 0) is 44.4 Å². The first-order valence-corrected chi connectivity index (χ1v) is 10.5. The number of benzene rings is 2. The Morgan fingerprint density at radius 3 is 2.40 bits per heavy atom. The third-order valence-corrected chi connectivity index (χ3v) is 5.44. The van der Waals surface area contributed by atoms with Crippen molar-refractivity contribution in [3.05, 3.63) is 59.7 Å². The normalized spacial score (nSPS) is 13.6. The van der Waals surface area contributed by atoms with E-state index in [1.165, 1.54) is 6.42 Å². The van der Waals surface area contributed by atoms with Crippen LogP contribution in [0.25, 0.3) is 0 Å². The van der Waals surface area contributed by atoms with Crippen LogP contribution in [0.3, 0.4) is 0 Å². The summed E-state index contributed by atoms with van der Waals surface area (Å²) in [6.07, 6.45) is 3.28. The van der Waals surface area contributed by atoms with Gasteiger partial charge < -0.3 is 19.9 Å². The Morgan fingerprint density at radius 1 is 1.00 bits per heavy atom. The number of rotatable bonds is 8. The molecule has 0 spiro atoms. The molecule has 0 aromatic heterocycles. The van der Waals surface area contributed by atoms with Gasteiger partial charge in [-0.2, -0.15) is 0 Å². The molecule has 3 rings (SSSR count). The molecule has 0 atom stereocenters. The summed E-state index contributed by atoms with van der Waals surface area (Å²) < 4.78 is 5.35. The van der Waals surface area contributed by atoms with Gasteiger partial charge in [-0.15, -0.1) is 0 Å². The fourth-order valence-corrected chi connectivity index (χ4v) is 3.67. The van der Waals surface area contributed by atoms with Crippen LogP contribution < -0.4 is 15.0 Å². The lowest BCUT2D eigenvalue weighted by molar-refractivity contribution is -0.130. The van der Waals surface area contributed by atoms with Gasteiger partial charge in [0.15, 0.2) is 0 Å². The quantitative estimate of drug-likeness (QED) is 0.728. The number of para-hydroxylation sites is 1. The molecule has 1 aliphatic rings. The average Bonchev–Trinajstić information content (AvgIpc) is 2.78. The molecule has 6 nitrogen and oxygen atoms in total. The lowest BCUT2D eigenvalue weighted by Gasteiger charge is -2.30. The summed E-state index contributed by atoms with van der Waals surface area (Å²) in [5, 5.41) is 2.95. The van der Waals surface area contributed by atoms with Crippen molar-refractivity contribution in [2.45, 2.75) is 32.7 Å². The summed E-state index contributed by atoms with van der Waals surface area (Å²) in [5.41, 5.74) is 2.93. The molecule has 2 aromatic rings. The standard InChI is InChI=1S/C24H31N3O3/c1-19-10-12-21(13-11-19)27(18-24(29)26-14-6-3-7-15-26)17-23(28)25-16-20-8-4-5-9-22(20)30-2/h4-5,8-13H,3,6-7,14-18H2,1-2H3,(H,25,28). The summed E-state index contributed by atoms with van der Waals surface area (Å²) in [5.74, 6) is 0.689. The smallest absolute Gasteiger partial charge is 0.242 e. The number of hydrogen-bond donors (Lipinski definition) is 1. The van der Waals surface area contributed by atoms with Gasteiger partial charge >= 0.3 is 0 Å². The second-order valence-electron chi connectivity index (χ2n) is 7.72. The number of amides is 2. The SMILES string of the molecule is COc1ccccc1CNC(=O)CN(CC(=O)N1CCCCC1)c1ccc(C)cc1. The van der Waals surface area contributed by atoms with Crippen molar-refractivity contribution < 1.29 is 14.3 Å². The van der Waals surface area contributed by atoms with E-state index >= 15 is 0 Å². The average molecular weight is 410 g/mol. The predicted octanol–water partition coefficient (Wildman–Crippen LogP) is 3.14. The van der Waals surface area contributed by atoms with Crippen LogP contribution >= 0.6 is 0 Å². The first kappa shape index (κ1) is 21.7. The highest BCUT2D eigenvalue weighted by Crippen LogP contribution is 2.18. The Kier molecular flexibility index (Phi) is 7.71. The number of methoxy groups -OCH3 is 1. The molecular weight excluding hydrogens is 378 g/mol. The number of anilines is 1. The van der Waals surface area contributed by atoms with Crippen LogP contribution in [0.2, 0.25) is 0 Å². The van der Waals surface area contributed by atoms with E-state index < -0.39 is 0 Å². The van der Waals surface area contributed by atoms with E-state index in [9.17, 15) is 9.59 Å². The van der Waals surface area contributed by atoms with E-state index in [1.54, 1.807) is 7.11 Å². The molecule has 0 unspecified atom stereocenters. The number of aryl methyl sites for hydroxylation is 1. The third-order valence-electron chi connectivity index (χ3n) is 5.44. The van der Waals surface area contributed by atoms with Gasteiger partial charge in [-0.25, -0.2) is 0 Å². The van der Waals surface area contributed by atoms with Crippen molar-refractivity contribution in [1.82, 2.24) is 10.2 Å². The van der Waals surface area contributed by atoms with Gasteiger partial charge in [0.1, 0.15) is 5.75 Å². The molecule has 160 valence electrons. The van der Waals surface area contributed by atoms with Crippen molar-refractivity contribution in [3.8, 4) is 5.75 Å². The van der Waals surface area contributed by atoms with Crippen molar-refractivity contribution in [1.29, 1.82) is 0 Å². The Labute approximate surface area is 178 Å². The van der Waals surface area contributed by atoms with Gasteiger partial charge in [0.25, 0.3) is 0 Å². The Morgan fingerprint density at radius 2 is 1.70 bits per heavy atom. The molecule has 0 saturated carbocycles. The first-order chi connectivity index (χ1) is 14.6. The van der Waals surface area contributed by atoms with Gasteiger partial charge in [0.05, 0.1) is 20.2 Å². The second-order valence-corrected chi connectivity index (χ2v) is 7.72. The molecule has 1 N–H and O–H groups in total. The van der Waals surface area contributed by atoms with Crippen LogP contribution in [-0.2, 0) is 16.1 Å². The van der Waals surface area contributed by atoms with E-state index in [-0.39, 0.29) is 24.9 Å².